The van der Waals surface area contributed by atoms with Crippen LogP contribution < -0.4 is 15.7 Å². The Hall–Kier alpha value is -4.21. The summed E-state index contributed by atoms with van der Waals surface area (Å²) in [4.78, 5) is 43.2. The van der Waals surface area contributed by atoms with Crippen LogP contribution in [0.15, 0.2) is 77.6 Å². The molecule has 0 aliphatic rings. The number of amides is 2. The van der Waals surface area contributed by atoms with Crippen molar-refractivity contribution in [1.82, 2.24) is 14.5 Å². The number of imidazole rings is 1. The normalized spacial score (nSPS) is 12.4. The van der Waals surface area contributed by atoms with Crippen LogP contribution >= 0.6 is 22.6 Å². The Balaban J connectivity index is 1.62. The topological polar surface area (TPSA) is 157 Å². The van der Waals surface area contributed by atoms with E-state index in [1.165, 1.54) is 29.2 Å². The molecule has 44 heavy (non-hydrogen) atoms. The highest BCUT2D eigenvalue weighted by molar-refractivity contribution is 14.1. The standard InChI is InChI=1S/C31H32FIN4O7/c1-19(20-5-3-2-4-6-20)28(29(41)34-25-12-9-22(33)17-24(25)32)37-30(42)27(35-31(37)43)21-7-10-23(11-8-21)44-18-26(40)36(13-15-38)14-16-39/h2-12,17,19,28,38-39,42H,13-16,18H2,1H3,(H,34,41)(H,35,43)/t19-,28-/m0/s1. The van der Waals surface area contributed by atoms with Crippen LogP contribution in [0.4, 0.5) is 10.1 Å². The third-order valence-corrected chi connectivity index (χ3v) is 7.71. The third-order valence-electron chi connectivity index (χ3n) is 7.04. The molecule has 0 bridgehead atoms. The van der Waals surface area contributed by atoms with E-state index in [4.69, 9.17) is 14.9 Å². The number of anilines is 1. The Labute approximate surface area is 266 Å². The van der Waals surface area contributed by atoms with Crippen molar-refractivity contribution in [3.8, 4) is 22.9 Å². The van der Waals surface area contributed by atoms with E-state index in [-0.39, 0.29) is 44.3 Å². The lowest BCUT2D eigenvalue weighted by Gasteiger charge is -2.25. The number of hydrogen-bond donors (Lipinski definition) is 5. The molecule has 0 aliphatic heterocycles. The molecule has 0 unspecified atom stereocenters. The summed E-state index contributed by atoms with van der Waals surface area (Å²) >= 11 is 1.95. The number of aromatic hydroxyl groups is 1. The predicted octanol–water partition coefficient (Wildman–Crippen LogP) is 3.47. The molecule has 13 heteroatoms. The summed E-state index contributed by atoms with van der Waals surface area (Å²) in [6.07, 6.45) is 0. The Bertz CT molecular complexity index is 1640. The van der Waals surface area contributed by atoms with Crippen molar-refractivity contribution < 1.29 is 34.0 Å². The number of carbonyl (C=O) groups excluding carboxylic acids is 2. The molecule has 0 saturated heterocycles. The number of nitrogens with zero attached hydrogens (tertiary/aromatic N) is 2. The van der Waals surface area contributed by atoms with Crippen LogP contribution in [0.2, 0.25) is 0 Å². The minimum atomic E-state index is -1.26. The van der Waals surface area contributed by atoms with Gasteiger partial charge in [-0.2, -0.15) is 0 Å². The van der Waals surface area contributed by atoms with E-state index in [0.29, 0.717) is 14.9 Å². The van der Waals surface area contributed by atoms with Crippen LogP contribution in [0.5, 0.6) is 11.6 Å². The second-order valence-corrected chi connectivity index (χ2v) is 11.1. The molecule has 2 atom stereocenters. The van der Waals surface area contributed by atoms with Crippen LogP contribution in [-0.4, -0.2) is 74.5 Å². The number of hydrogen-bond acceptors (Lipinski definition) is 7. The smallest absolute Gasteiger partial charge is 0.329 e. The van der Waals surface area contributed by atoms with Gasteiger partial charge in [-0.05, 0) is 70.6 Å². The average molecular weight is 719 g/mol. The first-order chi connectivity index (χ1) is 21.1. The van der Waals surface area contributed by atoms with Gasteiger partial charge in [-0.15, -0.1) is 0 Å². The Morgan fingerprint density at radius 3 is 2.32 bits per heavy atom. The lowest BCUT2D eigenvalue weighted by molar-refractivity contribution is -0.134. The number of rotatable bonds is 13. The first-order valence-corrected chi connectivity index (χ1v) is 14.8. The minimum Gasteiger partial charge on any atom is -0.493 e. The Kier molecular flexibility index (Phi) is 11.1. The molecule has 232 valence electrons. The van der Waals surface area contributed by atoms with Gasteiger partial charge in [-0.25, -0.2) is 13.8 Å². The highest BCUT2D eigenvalue weighted by atomic mass is 127. The number of nitrogens with one attached hydrogen (secondary N) is 2. The van der Waals surface area contributed by atoms with E-state index in [1.54, 1.807) is 49.4 Å². The monoisotopic (exact) mass is 718 g/mol. The van der Waals surface area contributed by atoms with Gasteiger partial charge in [0.2, 0.25) is 11.8 Å². The summed E-state index contributed by atoms with van der Waals surface area (Å²) in [5, 5.41) is 32.1. The number of halogens is 2. The number of benzene rings is 3. The molecule has 3 aromatic carbocycles. The number of ether oxygens (including phenoxy) is 1. The fourth-order valence-electron chi connectivity index (χ4n) is 4.76. The summed E-state index contributed by atoms with van der Waals surface area (Å²) in [5.41, 5.74) is 0.358. The van der Waals surface area contributed by atoms with Gasteiger partial charge in [0.25, 0.3) is 5.91 Å². The summed E-state index contributed by atoms with van der Waals surface area (Å²) < 4.78 is 21.8. The molecule has 4 aromatic rings. The molecule has 11 nitrogen and oxygen atoms in total. The van der Waals surface area contributed by atoms with Crippen molar-refractivity contribution in [1.29, 1.82) is 0 Å². The van der Waals surface area contributed by atoms with Crippen molar-refractivity contribution in [2.45, 2.75) is 18.9 Å². The molecule has 1 heterocycles. The highest BCUT2D eigenvalue weighted by Crippen LogP contribution is 2.36. The molecule has 0 spiro atoms. The fourth-order valence-corrected chi connectivity index (χ4v) is 5.21. The molecule has 0 saturated carbocycles. The number of aromatic amines is 1. The molecule has 0 aliphatic carbocycles. The van der Waals surface area contributed by atoms with E-state index >= 15 is 0 Å². The third kappa shape index (κ3) is 7.65. The Morgan fingerprint density at radius 1 is 1.05 bits per heavy atom. The number of aromatic nitrogens is 2. The second kappa shape index (κ2) is 15.0. The maximum atomic E-state index is 14.6. The zero-order valence-corrected chi connectivity index (χ0v) is 25.9. The number of aliphatic hydroxyl groups excluding tert-OH is 2. The van der Waals surface area contributed by atoms with E-state index < -0.39 is 41.2 Å². The SMILES string of the molecule is C[C@@H](c1ccccc1)[C@@H](C(=O)Nc1ccc(I)cc1F)n1c(O)c(-c2ccc(OCC(=O)N(CCO)CCO)cc2)[nH]c1=O. The Morgan fingerprint density at radius 2 is 1.70 bits per heavy atom. The molecule has 5 N–H and O–H groups in total. The molecule has 0 radical (unpaired) electrons. The van der Waals surface area contributed by atoms with Gasteiger partial charge >= 0.3 is 5.69 Å². The van der Waals surface area contributed by atoms with Crippen LogP contribution in [0, 0.1) is 9.39 Å². The van der Waals surface area contributed by atoms with E-state index in [1.807, 2.05) is 28.7 Å². The van der Waals surface area contributed by atoms with Gasteiger partial charge in [-0.3, -0.25) is 9.59 Å². The number of aliphatic hydroxyl groups is 2. The largest absolute Gasteiger partial charge is 0.493 e. The lowest BCUT2D eigenvalue weighted by Crippen LogP contribution is -2.38. The summed E-state index contributed by atoms with van der Waals surface area (Å²) in [6.45, 7) is 1.03. The predicted molar refractivity (Wildman–Crippen MR) is 170 cm³/mol. The van der Waals surface area contributed by atoms with E-state index in [2.05, 4.69) is 10.3 Å². The number of carbonyl (C=O) groups is 2. The molecular formula is C31H32FIN4O7. The molecule has 0 fully saturated rings. The first-order valence-electron chi connectivity index (χ1n) is 13.7. The minimum absolute atomic E-state index is 0.0493. The molecule has 4 rings (SSSR count). The van der Waals surface area contributed by atoms with Crippen LogP contribution in [0.1, 0.15) is 24.4 Å². The van der Waals surface area contributed by atoms with Gasteiger partial charge in [0.05, 0.1) is 18.9 Å². The highest BCUT2D eigenvalue weighted by Gasteiger charge is 2.33. The second-order valence-electron chi connectivity index (χ2n) is 9.90. The van der Waals surface area contributed by atoms with Crippen molar-refractivity contribution in [2.75, 3.05) is 38.2 Å². The zero-order valence-electron chi connectivity index (χ0n) is 23.7. The quantitative estimate of drug-likeness (QED) is 0.133. The molecule has 1 aromatic heterocycles. The fraction of sp³-hybridized carbons (Fsp3) is 0.258. The van der Waals surface area contributed by atoms with E-state index in [9.17, 15) is 23.9 Å². The first kappa shape index (κ1) is 32.7. The van der Waals surface area contributed by atoms with Crippen molar-refractivity contribution in [2.24, 2.45) is 0 Å². The van der Waals surface area contributed by atoms with Crippen LogP contribution in [0.25, 0.3) is 11.3 Å². The van der Waals surface area contributed by atoms with Gasteiger partial charge < -0.3 is 35.3 Å². The van der Waals surface area contributed by atoms with Crippen molar-refractivity contribution in [3.63, 3.8) is 0 Å². The maximum absolute atomic E-state index is 14.6. The van der Waals surface area contributed by atoms with Crippen LogP contribution in [0.3, 0.4) is 0 Å². The maximum Gasteiger partial charge on any atom is 0.329 e. The van der Waals surface area contributed by atoms with Crippen molar-refractivity contribution >= 4 is 40.1 Å². The van der Waals surface area contributed by atoms with Crippen LogP contribution in [-0.2, 0) is 9.59 Å². The van der Waals surface area contributed by atoms with Gasteiger partial charge in [0.15, 0.2) is 6.61 Å². The summed E-state index contributed by atoms with van der Waals surface area (Å²) in [5.74, 6) is -2.53. The summed E-state index contributed by atoms with van der Waals surface area (Å²) in [6, 6.07) is 18.3. The molecule has 2 amide bonds. The van der Waals surface area contributed by atoms with Crippen molar-refractivity contribution in [3.05, 3.63) is 98.2 Å². The van der Waals surface area contributed by atoms with E-state index in [0.717, 1.165) is 10.1 Å². The lowest BCUT2D eigenvalue weighted by atomic mass is 9.92. The molecular weight excluding hydrogens is 686 g/mol. The van der Waals surface area contributed by atoms with Gasteiger partial charge in [0.1, 0.15) is 23.3 Å². The van der Waals surface area contributed by atoms with Gasteiger partial charge in [-0.1, -0.05) is 37.3 Å². The summed E-state index contributed by atoms with van der Waals surface area (Å²) in [7, 11) is 0. The van der Waals surface area contributed by atoms with Gasteiger partial charge in [0, 0.05) is 28.1 Å². The zero-order chi connectivity index (χ0) is 31.8. The average Bonchev–Trinajstić information content (AvgIpc) is 3.31. The number of H-pyrrole nitrogens is 1.